The molecule has 0 aliphatic rings. The monoisotopic (exact) mass is 226 g/mol. The zero-order valence-electron chi connectivity index (χ0n) is 9.49. The molecule has 0 aliphatic carbocycles. The third kappa shape index (κ3) is 5.04. The van der Waals surface area contributed by atoms with Crippen LogP contribution >= 0.6 is 11.8 Å². The molecule has 84 valence electrons. The fraction of sp³-hybridized carbons (Fsp3) is 0.545. The van der Waals surface area contributed by atoms with Gasteiger partial charge in [-0.05, 0) is 26.8 Å². The first-order valence-electron chi connectivity index (χ1n) is 4.95. The molecule has 3 nitrogen and oxygen atoms in total. The van der Waals surface area contributed by atoms with Crippen LogP contribution in [0.1, 0.15) is 20.8 Å². The number of pyridine rings is 1. The fourth-order valence-corrected chi connectivity index (χ4v) is 1.79. The summed E-state index contributed by atoms with van der Waals surface area (Å²) < 4.78 is 5.61. The summed E-state index contributed by atoms with van der Waals surface area (Å²) in [6.07, 6.45) is 3.43. The molecule has 0 fully saturated rings. The molecule has 0 saturated heterocycles. The highest BCUT2D eigenvalue weighted by molar-refractivity contribution is 7.99. The van der Waals surface area contributed by atoms with Gasteiger partial charge in [-0.25, -0.2) is 0 Å². The predicted molar refractivity (Wildman–Crippen MR) is 65.1 cm³/mol. The van der Waals surface area contributed by atoms with Crippen LogP contribution in [-0.4, -0.2) is 22.9 Å². The number of aromatic nitrogens is 1. The molecule has 4 heteroatoms. The van der Waals surface area contributed by atoms with Crippen LogP contribution in [0.3, 0.4) is 0 Å². The van der Waals surface area contributed by atoms with Crippen molar-refractivity contribution in [2.24, 2.45) is 0 Å². The van der Waals surface area contributed by atoms with Gasteiger partial charge in [-0.1, -0.05) is 0 Å². The number of hydrogen-bond donors (Lipinski definition) is 1. The topological polar surface area (TPSA) is 48.1 Å². The molecular weight excluding hydrogens is 208 g/mol. The average molecular weight is 226 g/mol. The molecular formula is C11H18N2OS. The van der Waals surface area contributed by atoms with E-state index in [4.69, 9.17) is 10.5 Å². The summed E-state index contributed by atoms with van der Waals surface area (Å²) in [4.78, 5) is 5.01. The van der Waals surface area contributed by atoms with Crippen LogP contribution in [0.15, 0.2) is 23.4 Å². The summed E-state index contributed by atoms with van der Waals surface area (Å²) in [6, 6.07) is 1.93. The van der Waals surface area contributed by atoms with Crippen molar-refractivity contribution in [2.45, 2.75) is 31.3 Å². The highest BCUT2D eigenvalue weighted by Gasteiger charge is 2.09. The zero-order chi connectivity index (χ0) is 11.3. The lowest BCUT2D eigenvalue weighted by atomic mass is 10.2. The second-order valence-corrected chi connectivity index (χ2v) is 5.36. The van der Waals surface area contributed by atoms with E-state index in [1.54, 1.807) is 24.2 Å². The first kappa shape index (κ1) is 12.3. The molecule has 1 rings (SSSR count). The number of nitrogens with two attached hydrogens (primary N) is 1. The van der Waals surface area contributed by atoms with Gasteiger partial charge in [0.15, 0.2) is 0 Å². The van der Waals surface area contributed by atoms with E-state index in [1.807, 2.05) is 6.07 Å². The third-order valence-corrected chi connectivity index (χ3v) is 2.74. The lowest BCUT2D eigenvalue weighted by Gasteiger charge is -2.19. The summed E-state index contributed by atoms with van der Waals surface area (Å²) in [7, 11) is 0. The summed E-state index contributed by atoms with van der Waals surface area (Å²) >= 11 is 1.70. The quantitative estimate of drug-likeness (QED) is 0.633. The Bertz CT molecular complexity index is 310. The van der Waals surface area contributed by atoms with Crippen LogP contribution in [0.5, 0.6) is 0 Å². The summed E-state index contributed by atoms with van der Waals surface area (Å²) in [5, 5.41) is 0. The average Bonchev–Trinajstić information content (AvgIpc) is 2.13. The molecule has 0 amide bonds. The van der Waals surface area contributed by atoms with E-state index in [0.717, 1.165) is 22.9 Å². The van der Waals surface area contributed by atoms with Crippen LogP contribution in [-0.2, 0) is 4.74 Å². The first-order valence-corrected chi connectivity index (χ1v) is 5.94. The third-order valence-electron chi connectivity index (χ3n) is 1.69. The fourth-order valence-electron chi connectivity index (χ4n) is 1.02. The lowest BCUT2D eigenvalue weighted by Crippen LogP contribution is -2.20. The summed E-state index contributed by atoms with van der Waals surface area (Å²) in [6.45, 7) is 6.89. The van der Waals surface area contributed by atoms with Crippen molar-refractivity contribution in [3.05, 3.63) is 18.5 Å². The maximum absolute atomic E-state index is 5.76. The Morgan fingerprint density at radius 3 is 2.80 bits per heavy atom. The Balaban J connectivity index is 2.30. The van der Waals surface area contributed by atoms with E-state index in [-0.39, 0.29) is 5.60 Å². The van der Waals surface area contributed by atoms with Gasteiger partial charge in [0, 0.05) is 16.8 Å². The molecule has 2 N–H and O–H groups in total. The van der Waals surface area contributed by atoms with Crippen LogP contribution in [0.2, 0.25) is 0 Å². The Labute approximate surface area is 95.4 Å². The SMILES string of the molecule is CC(C)(C)OCCSc1ccncc1N. The Morgan fingerprint density at radius 2 is 2.20 bits per heavy atom. The molecule has 1 aromatic heterocycles. The summed E-state index contributed by atoms with van der Waals surface area (Å²) in [5.41, 5.74) is 6.43. The molecule has 0 atom stereocenters. The molecule has 1 heterocycles. The molecule has 0 spiro atoms. The van der Waals surface area contributed by atoms with Crippen molar-refractivity contribution >= 4 is 17.4 Å². The second kappa shape index (κ2) is 5.37. The molecule has 1 aromatic rings. The van der Waals surface area contributed by atoms with E-state index in [9.17, 15) is 0 Å². The van der Waals surface area contributed by atoms with Gasteiger partial charge in [-0.3, -0.25) is 4.98 Å². The van der Waals surface area contributed by atoms with Crippen LogP contribution < -0.4 is 5.73 Å². The van der Waals surface area contributed by atoms with Crippen molar-refractivity contribution in [2.75, 3.05) is 18.1 Å². The molecule has 0 radical (unpaired) electrons. The van der Waals surface area contributed by atoms with Gasteiger partial charge in [0.1, 0.15) is 0 Å². The van der Waals surface area contributed by atoms with Crippen molar-refractivity contribution < 1.29 is 4.74 Å². The number of anilines is 1. The van der Waals surface area contributed by atoms with E-state index in [2.05, 4.69) is 25.8 Å². The first-order chi connectivity index (χ1) is 6.99. The number of thioether (sulfide) groups is 1. The minimum absolute atomic E-state index is 0.0651. The molecule has 0 unspecified atom stereocenters. The number of rotatable bonds is 4. The lowest BCUT2D eigenvalue weighted by molar-refractivity contribution is 0.00695. The molecule has 0 bridgehead atoms. The molecule has 0 saturated carbocycles. The Kier molecular flexibility index (Phi) is 4.42. The maximum Gasteiger partial charge on any atom is 0.0638 e. The van der Waals surface area contributed by atoms with E-state index in [0.29, 0.717) is 0 Å². The van der Waals surface area contributed by atoms with Gasteiger partial charge >= 0.3 is 0 Å². The van der Waals surface area contributed by atoms with Crippen molar-refractivity contribution in [1.82, 2.24) is 4.98 Å². The highest BCUT2D eigenvalue weighted by Crippen LogP contribution is 2.23. The van der Waals surface area contributed by atoms with Gasteiger partial charge < -0.3 is 10.5 Å². The molecule has 0 aromatic carbocycles. The minimum atomic E-state index is -0.0651. The molecule has 15 heavy (non-hydrogen) atoms. The minimum Gasteiger partial charge on any atom is -0.397 e. The van der Waals surface area contributed by atoms with E-state index < -0.39 is 0 Å². The number of nitrogen functional groups attached to an aromatic ring is 1. The van der Waals surface area contributed by atoms with Crippen molar-refractivity contribution in [1.29, 1.82) is 0 Å². The van der Waals surface area contributed by atoms with Crippen molar-refractivity contribution in [3.63, 3.8) is 0 Å². The normalized spacial score (nSPS) is 11.7. The van der Waals surface area contributed by atoms with Crippen LogP contribution in [0, 0.1) is 0 Å². The van der Waals surface area contributed by atoms with Crippen LogP contribution in [0.25, 0.3) is 0 Å². The van der Waals surface area contributed by atoms with E-state index in [1.165, 1.54) is 0 Å². The van der Waals surface area contributed by atoms with E-state index >= 15 is 0 Å². The standard InChI is InChI=1S/C11H18N2OS/c1-11(2,3)14-6-7-15-10-4-5-13-8-9(10)12/h4-5,8H,6-7,12H2,1-3H3. The number of nitrogens with zero attached hydrogens (tertiary/aromatic N) is 1. The summed E-state index contributed by atoms with van der Waals surface area (Å²) in [5.74, 6) is 0.908. The zero-order valence-corrected chi connectivity index (χ0v) is 10.3. The smallest absolute Gasteiger partial charge is 0.0638 e. The predicted octanol–water partition coefficient (Wildman–Crippen LogP) is 2.57. The maximum atomic E-state index is 5.76. The Hall–Kier alpha value is -0.740. The van der Waals surface area contributed by atoms with Crippen molar-refractivity contribution in [3.8, 4) is 0 Å². The second-order valence-electron chi connectivity index (χ2n) is 4.22. The van der Waals surface area contributed by atoms with Gasteiger partial charge in [0.25, 0.3) is 0 Å². The van der Waals surface area contributed by atoms with Gasteiger partial charge in [0.2, 0.25) is 0 Å². The highest BCUT2D eigenvalue weighted by atomic mass is 32.2. The van der Waals surface area contributed by atoms with Gasteiger partial charge in [-0.2, -0.15) is 0 Å². The number of hydrogen-bond acceptors (Lipinski definition) is 4. The van der Waals surface area contributed by atoms with Gasteiger partial charge in [-0.15, -0.1) is 11.8 Å². The largest absolute Gasteiger partial charge is 0.397 e. The van der Waals surface area contributed by atoms with Gasteiger partial charge in [0.05, 0.1) is 24.1 Å². The van der Waals surface area contributed by atoms with Crippen LogP contribution in [0.4, 0.5) is 5.69 Å². The number of ether oxygens (including phenoxy) is 1. The molecule has 0 aliphatic heterocycles. The Morgan fingerprint density at radius 1 is 1.47 bits per heavy atom.